The van der Waals surface area contributed by atoms with Crippen molar-refractivity contribution in [2.45, 2.75) is 31.4 Å². The molecule has 1 saturated carbocycles. The van der Waals surface area contributed by atoms with Crippen molar-refractivity contribution in [1.29, 1.82) is 0 Å². The summed E-state index contributed by atoms with van der Waals surface area (Å²) in [5.74, 6) is 0. The van der Waals surface area contributed by atoms with Gasteiger partial charge in [0.1, 0.15) is 5.60 Å². The number of benzene rings is 1. The van der Waals surface area contributed by atoms with E-state index in [-0.39, 0.29) is 0 Å². The molecule has 1 aliphatic carbocycles. The van der Waals surface area contributed by atoms with Gasteiger partial charge in [0.15, 0.2) is 0 Å². The first-order valence-corrected chi connectivity index (χ1v) is 6.59. The highest BCUT2D eigenvalue weighted by atomic mass is 16.3. The van der Waals surface area contributed by atoms with E-state index in [1.165, 1.54) is 12.8 Å². The van der Waals surface area contributed by atoms with E-state index in [0.29, 0.717) is 18.3 Å². The second kappa shape index (κ2) is 4.75. The Morgan fingerprint density at radius 2 is 2.11 bits per heavy atom. The van der Waals surface area contributed by atoms with Crippen molar-refractivity contribution in [1.82, 2.24) is 20.3 Å². The molecule has 1 aromatic heterocycles. The van der Waals surface area contributed by atoms with Crippen LogP contribution in [0.5, 0.6) is 0 Å². The van der Waals surface area contributed by atoms with Gasteiger partial charge in [0.2, 0.25) is 0 Å². The third-order valence-electron chi connectivity index (χ3n) is 3.41. The van der Waals surface area contributed by atoms with Crippen LogP contribution in [0, 0.1) is 0 Å². The third kappa shape index (κ3) is 2.67. The number of nitrogens with one attached hydrogen (secondary N) is 1. The highest BCUT2D eigenvalue weighted by Crippen LogP contribution is 2.24. The van der Waals surface area contributed by atoms with E-state index in [9.17, 15) is 5.11 Å². The summed E-state index contributed by atoms with van der Waals surface area (Å²) in [6.07, 6.45) is 4.03. The van der Waals surface area contributed by atoms with Crippen molar-refractivity contribution < 1.29 is 5.11 Å². The molecule has 2 N–H and O–H groups in total. The number of aliphatic hydroxyl groups is 1. The first-order valence-electron chi connectivity index (χ1n) is 6.59. The third-order valence-corrected chi connectivity index (χ3v) is 3.41. The Balaban J connectivity index is 1.86. The van der Waals surface area contributed by atoms with Crippen molar-refractivity contribution >= 4 is 0 Å². The van der Waals surface area contributed by atoms with Crippen molar-refractivity contribution in [3.05, 3.63) is 42.2 Å². The van der Waals surface area contributed by atoms with E-state index >= 15 is 0 Å². The van der Waals surface area contributed by atoms with Gasteiger partial charge in [-0.15, -0.1) is 5.10 Å². The minimum Gasteiger partial charge on any atom is -0.382 e. The Hall–Kier alpha value is -1.72. The van der Waals surface area contributed by atoms with Crippen LogP contribution in [0.2, 0.25) is 0 Å². The number of para-hydroxylation sites is 1. The fourth-order valence-electron chi connectivity index (χ4n) is 2.08. The molecule has 1 fully saturated rings. The molecular weight excluding hydrogens is 240 g/mol. The summed E-state index contributed by atoms with van der Waals surface area (Å²) < 4.78 is 1.69. The van der Waals surface area contributed by atoms with E-state index in [0.717, 1.165) is 5.69 Å². The van der Waals surface area contributed by atoms with Crippen LogP contribution in [0.3, 0.4) is 0 Å². The highest BCUT2D eigenvalue weighted by molar-refractivity contribution is 5.32. The Bertz CT molecular complexity index is 546. The van der Waals surface area contributed by atoms with Gasteiger partial charge in [-0.1, -0.05) is 23.4 Å². The molecule has 5 heteroatoms. The molecule has 1 aromatic carbocycles. The number of nitrogens with zero attached hydrogens (tertiary/aromatic N) is 3. The first-order chi connectivity index (χ1) is 9.17. The van der Waals surface area contributed by atoms with E-state index in [1.807, 2.05) is 30.3 Å². The molecule has 2 aromatic rings. The maximum Gasteiger partial charge on any atom is 0.118 e. The van der Waals surface area contributed by atoms with Crippen LogP contribution in [-0.4, -0.2) is 32.7 Å². The summed E-state index contributed by atoms with van der Waals surface area (Å²) >= 11 is 0. The predicted octanol–water partition coefficient (Wildman–Crippen LogP) is 1.23. The van der Waals surface area contributed by atoms with Crippen LogP contribution in [0.15, 0.2) is 36.5 Å². The van der Waals surface area contributed by atoms with E-state index in [2.05, 4.69) is 15.6 Å². The Kier molecular flexibility index (Phi) is 3.08. The second-order valence-electron chi connectivity index (χ2n) is 5.30. The molecule has 1 atom stereocenters. The van der Waals surface area contributed by atoms with Gasteiger partial charge in [-0.05, 0) is 31.9 Å². The smallest absolute Gasteiger partial charge is 0.118 e. The Labute approximate surface area is 112 Å². The average Bonchev–Trinajstić information content (AvgIpc) is 3.11. The molecule has 3 rings (SSSR count). The minimum atomic E-state index is -0.984. The van der Waals surface area contributed by atoms with Crippen molar-refractivity contribution in [3.8, 4) is 5.69 Å². The summed E-state index contributed by atoms with van der Waals surface area (Å²) in [5.41, 5.74) is 0.621. The summed E-state index contributed by atoms with van der Waals surface area (Å²) in [6, 6.07) is 10.3. The molecule has 100 valence electrons. The molecule has 0 amide bonds. The molecule has 0 spiro atoms. The number of rotatable bonds is 5. The minimum absolute atomic E-state index is 0.512. The van der Waals surface area contributed by atoms with Gasteiger partial charge in [0.25, 0.3) is 0 Å². The lowest BCUT2D eigenvalue weighted by Crippen LogP contribution is -2.38. The summed E-state index contributed by atoms with van der Waals surface area (Å²) in [4.78, 5) is 0. The van der Waals surface area contributed by atoms with E-state index in [4.69, 9.17) is 0 Å². The monoisotopic (exact) mass is 258 g/mol. The van der Waals surface area contributed by atoms with Gasteiger partial charge in [-0.2, -0.15) is 0 Å². The molecule has 0 bridgehead atoms. The highest BCUT2D eigenvalue weighted by Gasteiger charge is 2.31. The molecule has 1 unspecified atom stereocenters. The maximum absolute atomic E-state index is 10.6. The summed E-state index contributed by atoms with van der Waals surface area (Å²) in [5, 5.41) is 22.0. The largest absolute Gasteiger partial charge is 0.382 e. The fraction of sp³-hybridized carbons (Fsp3) is 0.429. The SMILES string of the molecule is CC(O)(CNC1CC1)c1cnnn1-c1ccccc1. The summed E-state index contributed by atoms with van der Waals surface area (Å²) in [6.45, 7) is 2.30. The number of hydrogen-bond donors (Lipinski definition) is 2. The molecule has 0 radical (unpaired) electrons. The molecule has 5 nitrogen and oxygen atoms in total. The molecule has 0 aliphatic heterocycles. The van der Waals surface area contributed by atoms with Gasteiger partial charge in [-0.3, -0.25) is 0 Å². The van der Waals surface area contributed by atoms with Crippen LogP contribution in [-0.2, 0) is 5.60 Å². The molecule has 0 saturated heterocycles. The van der Waals surface area contributed by atoms with Gasteiger partial charge >= 0.3 is 0 Å². The van der Waals surface area contributed by atoms with Crippen LogP contribution >= 0.6 is 0 Å². The number of hydrogen-bond acceptors (Lipinski definition) is 4. The topological polar surface area (TPSA) is 63.0 Å². The molecule has 1 aliphatic rings. The lowest BCUT2D eigenvalue weighted by molar-refractivity contribution is 0.0496. The van der Waals surface area contributed by atoms with Crippen molar-refractivity contribution in [2.75, 3.05) is 6.54 Å². The molecule has 1 heterocycles. The van der Waals surface area contributed by atoms with E-state index < -0.39 is 5.60 Å². The van der Waals surface area contributed by atoms with Crippen molar-refractivity contribution in [3.63, 3.8) is 0 Å². The lowest BCUT2D eigenvalue weighted by atomic mass is 10.0. The average molecular weight is 258 g/mol. The van der Waals surface area contributed by atoms with Gasteiger partial charge in [-0.25, -0.2) is 4.68 Å². The first kappa shape index (κ1) is 12.3. The zero-order chi connectivity index (χ0) is 13.3. The second-order valence-corrected chi connectivity index (χ2v) is 5.30. The standard InChI is InChI=1S/C14H18N4O/c1-14(19,10-15-11-7-8-11)13-9-16-17-18(13)12-5-3-2-4-6-12/h2-6,9,11,15,19H,7-8,10H2,1H3. The fourth-order valence-corrected chi connectivity index (χ4v) is 2.08. The quantitative estimate of drug-likeness (QED) is 0.846. The number of aromatic nitrogens is 3. The predicted molar refractivity (Wildman–Crippen MR) is 72.0 cm³/mol. The molecule has 19 heavy (non-hydrogen) atoms. The zero-order valence-electron chi connectivity index (χ0n) is 11.0. The zero-order valence-corrected chi connectivity index (χ0v) is 11.0. The maximum atomic E-state index is 10.6. The van der Waals surface area contributed by atoms with Gasteiger partial charge in [0.05, 0.1) is 17.6 Å². The van der Waals surface area contributed by atoms with Gasteiger partial charge < -0.3 is 10.4 Å². The van der Waals surface area contributed by atoms with Gasteiger partial charge in [0, 0.05) is 12.6 Å². The van der Waals surface area contributed by atoms with Crippen LogP contribution in [0.25, 0.3) is 5.69 Å². The van der Waals surface area contributed by atoms with Crippen LogP contribution in [0.4, 0.5) is 0 Å². The normalized spacial score (nSPS) is 18.2. The van der Waals surface area contributed by atoms with E-state index in [1.54, 1.807) is 17.8 Å². The lowest BCUT2D eigenvalue weighted by Gasteiger charge is -2.24. The Morgan fingerprint density at radius 3 is 2.79 bits per heavy atom. The van der Waals surface area contributed by atoms with Crippen molar-refractivity contribution in [2.24, 2.45) is 0 Å². The van der Waals surface area contributed by atoms with Crippen LogP contribution in [0.1, 0.15) is 25.5 Å². The Morgan fingerprint density at radius 1 is 1.37 bits per heavy atom. The van der Waals surface area contributed by atoms with Crippen LogP contribution < -0.4 is 5.32 Å². The summed E-state index contributed by atoms with van der Waals surface area (Å²) in [7, 11) is 0. The molecular formula is C14H18N4O.